The van der Waals surface area contributed by atoms with Crippen molar-refractivity contribution < 1.29 is 14.3 Å². The lowest BCUT2D eigenvalue weighted by Gasteiger charge is -2.07. The lowest BCUT2D eigenvalue weighted by Crippen LogP contribution is -2.16. The van der Waals surface area contributed by atoms with Gasteiger partial charge in [-0.25, -0.2) is 4.79 Å². The van der Waals surface area contributed by atoms with Crippen LogP contribution in [0.4, 0.5) is 5.00 Å². The summed E-state index contributed by atoms with van der Waals surface area (Å²) in [5.74, 6) is -0.495. The van der Waals surface area contributed by atoms with Crippen molar-refractivity contribution in [2.24, 2.45) is 0 Å². The van der Waals surface area contributed by atoms with Gasteiger partial charge in [0.1, 0.15) is 5.00 Å². The third-order valence-corrected chi connectivity index (χ3v) is 6.96. The Morgan fingerprint density at radius 3 is 2.80 bits per heavy atom. The van der Waals surface area contributed by atoms with Crippen molar-refractivity contribution in [3.8, 4) is 5.69 Å². The molecule has 0 fully saturated rings. The summed E-state index contributed by atoms with van der Waals surface area (Å²) in [7, 11) is 1.37. The van der Waals surface area contributed by atoms with Gasteiger partial charge in [0, 0.05) is 4.88 Å². The summed E-state index contributed by atoms with van der Waals surface area (Å²) in [5, 5.41) is 15.7. The number of aromatic nitrogens is 4. The smallest absolute Gasteiger partial charge is 0.341 e. The minimum atomic E-state index is -0.398. The number of carbonyl (C=O) groups is 2. The number of nitrogens with one attached hydrogen (secondary N) is 1. The van der Waals surface area contributed by atoms with Crippen LogP contribution in [0.15, 0.2) is 35.5 Å². The van der Waals surface area contributed by atoms with Crippen molar-refractivity contribution in [3.05, 3.63) is 46.3 Å². The number of rotatable bonds is 6. The molecule has 0 aliphatic heterocycles. The highest BCUT2D eigenvalue weighted by atomic mass is 32.2. The average molecular weight is 444 g/mol. The van der Waals surface area contributed by atoms with Crippen LogP contribution in [0.1, 0.15) is 40.1 Å². The predicted molar refractivity (Wildman–Crippen MR) is 115 cm³/mol. The molecule has 0 bridgehead atoms. The van der Waals surface area contributed by atoms with Crippen LogP contribution >= 0.6 is 23.1 Å². The van der Waals surface area contributed by atoms with Gasteiger partial charge in [0.25, 0.3) is 0 Å². The molecular formula is C20H21N5O3S2. The number of amides is 1. The van der Waals surface area contributed by atoms with E-state index >= 15 is 0 Å². The molecule has 2 heterocycles. The fourth-order valence-electron chi connectivity index (χ4n) is 3.44. The summed E-state index contributed by atoms with van der Waals surface area (Å²) in [5.41, 5.74) is 2.35. The number of thioether (sulfide) groups is 1. The highest BCUT2D eigenvalue weighted by Gasteiger charge is 2.26. The van der Waals surface area contributed by atoms with Gasteiger partial charge < -0.3 is 10.1 Å². The SMILES string of the molecule is COC(=O)c1c(NC(=O)CSc2nnnn2-c2ccccc2)sc2c1CCCCC2. The van der Waals surface area contributed by atoms with Crippen molar-refractivity contribution in [2.45, 2.75) is 37.3 Å². The first-order chi connectivity index (χ1) is 14.7. The number of tetrazole rings is 1. The molecule has 10 heteroatoms. The van der Waals surface area contributed by atoms with Gasteiger partial charge in [-0.2, -0.15) is 4.68 Å². The van der Waals surface area contributed by atoms with Crippen molar-refractivity contribution in [1.82, 2.24) is 20.2 Å². The lowest BCUT2D eigenvalue weighted by molar-refractivity contribution is -0.113. The summed E-state index contributed by atoms with van der Waals surface area (Å²) >= 11 is 2.72. The molecule has 30 heavy (non-hydrogen) atoms. The van der Waals surface area contributed by atoms with Gasteiger partial charge in [-0.3, -0.25) is 4.79 Å². The molecular weight excluding hydrogens is 422 g/mol. The molecule has 8 nitrogen and oxygen atoms in total. The molecule has 156 valence electrons. The molecule has 1 N–H and O–H groups in total. The maximum Gasteiger partial charge on any atom is 0.341 e. The summed E-state index contributed by atoms with van der Waals surface area (Å²) < 4.78 is 6.58. The Kier molecular flexibility index (Phi) is 6.44. The number of methoxy groups -OCH3 is 1. The number of anilines is 1. The molecule has 0 saturated heterocycles. The first-order valence-electron chi connectivity index (χ1n) is 9.66. The number of aryl methyl sites for hydroxylation is 1. The molecule has 1 aliphatic carbocycles. The van der Waals surface area contributed by atoms with Crippen molar-refractivity contribution in [2.75, 3.05) is 18.2 Å². The average Bonchev–Trinajstić information content (AvgIpc) is 3.30. The minimum absolute atomic E-state index is 0.121. The number of ether oxygens (including phenoxy) is 1. The molecule has 1 amide bonds. The number of para-hydroxylation sites is 1. The van der Waals surface area contributed by atoms with Gasteiger partial charge in [0.05, 0.1) is 24.1 Å². The number of esters is 1. The van der Waals surface area contributed by atoms with E-state index in [2.05, 4.69) is 20.8 Å². The molecule has 0 saturated carbocycles. The molecule has 3 aromatic rings. The van der Waals surface area contributed by atoms with Gasteiger partial charge in [-0.15, -0.1) is 16.4 Å². The van der Waals surface area contributed by atoms with Gasteiger partial charge in [0.15, 0.2) is 0 Å². The zero-order valence-electron chi connectivity index (χ0n) is 16.5. The molecule has 0 unspecified atom stereocenters. The van der Waals surface area contributed by atoms with Crippen LogP contribution in [-0.4, -0.2) is 44.9 Å². The van der Waals surface area contributed by atoms with Crippen LogP contribution in [0, 0.1) is 0 Å². The van der Waals surface area contributed by atoms with E-state index in [1.54, 1.807) is 4.68 Å². The minimum Gasteiger partial charge on any atom is -0.465 e. The fourth-order valence-corrected chi connectivity index (χ4v) is 5.43. The van der Waals surface area contributed by atoms with Crippen LogP contribution in [-0.2, 0) is 22.4 Å². The monoisotopic (exact) mass is 443 g/mol. The number of hydrogen-bond donors (Lipinski definition) is 1. The van der Waals surface area contributed by atoms with Gasteiger partial charge in [-0.05, 0) is 53.8 Å². The van der Waals surface area contributed by atoms with Gasteiger partial charge in [-0.1, -0.05) is 36.4 Å². The third kappa shape index (κ3) is 4.39. The summed E-state index contributed by atoms with van der Waals surface area (Å²) in [6, 6.07) is 9.49. The van der Waals surface area contributed by atoms with E-state index in [0.717, 1.165) is 43.4 Å². The maximum absolute atomic E-state index is 12.6. The van der Waals surface area contributed by atoms with Crippen LogP contribution in [0.25, 0.3) is 5.69 Å². The van der Waals surface area contributed by atoms with E-state index in [-0.39, 0.29) is 11.7 Å². The van der Waals surface area contributed by atoms with E-state index in [4.69, 9.17) is 4.74 Å². The van der Waals surface area contributed by atoms with Crippen LogP contribution in [0.2, 0.25) is 0 Å². The second-order valence-electron chi connectivity index (χ2n) is 6.81. The largest absolute Gasteiger partial charge is 0.465 e. The lowest BCUT2D eigenvalue weighted by atomic mass is 10.1. The first-order valence-corrected chi connectivity index (χ1v) is 11.5. The Morgan fingerprint density at radius 2 is 2.00 bits per heavy atom. The fraction of sp³-hybridized carbons (Fsp3) is 0.350. The molecule has 1 aromatic carbocycles. The first kappa shape index (κ1) is 20.5. The van der Waals surface area contributed by atoms with Crippen molar-refractivity contribution in [3.63, 3.8) is 0 Å². The Labute approximate surface area is 182 Å². The Morgan fingerprint density at radius 1 is 1.20 bits per heavy atom. The zero-order valence-corrected chi connectivity index (χ0v) is 18.1. The highest BCUT2D eigenvalue weighted by molar-refractivity contribution is 7.99. The summed E-state index contributed by atoms with van der Waals surface area (Å²) in [6.45, 7) is 0. The van der Waals surface area contributed by atoms with Crippen molar-refractivity contribution >= 4 is 40.0 Å². The zero-order chi connectivity index (χ0) is 20.9. The number of fused-ring (bicyclic) bond motifs is 1. The second-order valence-corrected chi connectivity index (χ2v) is 8.85. The van der Waals surface area contributed by atoms with Crippen LogP contribution < -0.4 is 5.32 Å². The third-order valence-electron chi connectivity index (χ3n) is 4.84. The number of nitrogens with zero attached hydrogens (tertiary/aromatic N) is 4. The van der Waals surface area contributed by atoms with Crippen LogP contribution in [0.5, 0.6) is 0 Å². The quantitative estimate of drug-likeness (QED) is 0.354. The highest BCUT2D eigenvalue weighted by Crippen LogP contribution is 2.38. The summed E-state index contributed by atoms with van der Waals surface area (Å²) in [4.78, 5) is 26.2. The van der Waals surface area contributed by atoms with E-state index in [0.29, 0.717) is 15.7 Å². The maximum atomic E-state index is 12.6. The number of hydrogen-bond acceptors (Lipinski definition) is 8. The van der Waals surface area contributed by atoms with Gasteiger partial charge in [0.2, 0.25) is 11.1 Å². The molecule has 0 spiro atoms. The van der Waals surface area contributed by atoms with Crippen molar-refractivity contribution in [1.29, 1.82) is 0 Å². The Hall–Kier alpha value is -2.72. The van der Waals surface area contributed by atoms with Crippen LogP contribution in [0.3, 0.4) is 0 Å². The molecule has 0 atom stereocenters. The number of carbonyl (C=O) groups excluding carboxylic acids is 2. The second kappa shape index (κ2) is 9.40. The topological polar surface area (TPSA) is 99.0 Å². The standard InChI is InChI=1S/C20H21N5O3S2/c1-28-19(27)17-14-10-6-3-7-11-15(14)30-18(17)21-16(26)12-29-20-22-23-24-25(20)13-8-4-2-5-9-13/h2,4-5,8-9H,3,6-7,10-12H2,1H3,(H,21,26). The molecule has 0 radical (unpaired) electrons. The van der Waals surface area contributed by atoms with E-state index in [1.165, 1.54) is 35.1 Å². The Bertz CT molecular complexity index is 1050. The Balaban J connectivity index is 1.48. The molecule has 1 aliphatic rings. The van der Waals surface area contributed by atoms with E-state index in [9.17, 15) is 9.59 Å². The van der Waals surface area contributed by atoms with E-state index in [1.807, 2.05) is 30.3 Å². The number of thiophene rings is 1. The molecule has 4 rings (SSSR count). The summed E-state index contributed by atoms with van der Waals surface area (Å²) in [6.07, 6.45) is 5.06. The van der Waals surface area contributed by atoms with Gasteiger partial charge >= 0.3 is 5.97 Å². The van der Waals surface area contributed by atoms with E-state index < -0.39 is 5.97 Å². The molecule has 2 aromatic heterocycles. The predicted octanol–water partition coefficient (Wildman–Crippen LogP) is 3.51. The number of benzene rings is 1. The normalized spacial score (nSPS) is 13.4.